The normalized spacial score (nSPS) is 16.9. The van der Waals surface area contributed by atoms with Gasteiger partial charge >= 0.3 is 0 Å². The summed E-state index contributed by atoms with van der Waals surface area (Å²) in [5.41, 5.74) is 7.84. The first-order valence-electron chi connectivity index (χ1n) is 12.3. The molecular formula is C27H38N4O2S. The number of hydrogen-bond donors (Lipinski definition) is 3. The van der Waals surface area contributed by atoms with Gasteiger partial charge in [0.25, 0.3) is 0 Å². The lowest BCUT2D eigenvalue weighted by molar-refractivity contribution is -0.127. The van der Waals surface area contributed by atoms with Gasteiger partial charge in [0.05, 0.1) is 12.1 Å². The Hall–Kier alpha value is -2.38. The molecule has 1 aromatic carbocycles. The lowest BCUT2D eigenvalue weighted by atomic mass is 9.71. The highest BCUT2D eigenvalue weighted by Crippen LogP contribution is 2.39. The van der Waals surface area contributed by atoms with E-state index in [1.165, 1.54) is 6.42 Å². The quantitative estimate of drug-likeness (QED) is 0.425. The van der Waals surface area contributed by atoms with Crippen LogP contribution in [0.4, 0.5) is 0 Å². The van der Waals surface area contributed by atoms with E-state index >= 15 is 0 Å². The Labute approximate surface area is 207 Å². The first-order valence-corrected chi connectivity index (χ1v) is 13.7. The summed E-state index contributed by atoms with van der Waals surface area (Å²) in [7, 11) is 0. The van der Waals surface area contributed by atoms with Gasteiger partial charge in [-0.05, 0) is 54.4 Å². The van der Waals surface area contributed by atoms with E-state index in [1.807, 2.05) is 54.8 Å². The summed E-state index contributed by atoms with van der Waals surface area (Å²) in [6.07, 6.45) is 10.7. The Bertz CT molecular complexity index is 888. The molecule has 2 aromatic rings. The highest BCUT2D eigenvalue weighted by atomic mass is 32.2. The summed E-state index contributed by atoms with van der Waals surface area (Å²) in [6, 6.07) is 15.2. The van der Waals surface area contributed by atoms with Gasteiger partial charge in [-0.1, -0.05) is 55.7 Å². The molecule has 0 bridgehead atoms. The number of nitrogens with zero attached hydrogens (tertiary/aromatic N) is 1. The summed E-state index contributed by atoms with van der Waals surface area (Å²) in [4.78, 5) is 30.3. The van der Waals surface area contributed by atoms with Gasteiger partial charge in [-0.25, -0.2) is 0 Å². The number of thioether (sulfide) groups is 1. The summed E-state index contributed by atoms with van der Waals surface area (Å²) < 4.78 is 0. The van der Waals surface area contributed by atoms with Gasteiger partial charge in [0, 0.05) is 31.3 Å². The fraction of sp³-hybridized carbons (Fsp3) is 0.519. The smallest absolute Gasteiger partial charge is 0.236 e. The fourth-order valence-corrected chi connectivity index (χ4v) is 5.24. The van der Waals surface area contributed by atoms with Crippen molar-refractivity contribution in [2.24, 2.45) is 11.1 Å². The van der Waals surface area contributed by atoms with Crippen molar-refractivity contribution in [2.75, 3.05) is 18.6 Å². The predicted octanol–water partition coefficient (Wildman–Crippen LogP) is 4.02. The molecule has 0 aliphatic heterocycles. The van der Waals surface area contributed by atoms with Crippen LogP contribution >= 0.6 is 11.8 Å². The zero-order valence-electron chi connectivity index (χ0n) is 20.2. The molecule has 7 heteroatoms. The molecule has 3 rings (SSSR count). The maximum Gasteiger partial charge on any atom is 0.236 e. The van der Waals surface area contributed by atoms with Crippen LogP contribution in [-0.2, 0) is 16.0 Å². The highest BCUT2D eigenvalue weighted by Gasteiger charge is 2.35. The van der Waals surface area contributed by atoms with E-state index in [9.17, 15) is 9.59 Å². The van der Waals surface area contributed by atoms with E-state index in [1.54, 1.807) is 18.0 Å². The van der Waals surface area contributed by atoms with Crippen molar-refractivity contribution < 1.29 is 9.59 Å². The van der Waals surface area contributed by atoms with Gasteiger partial charge in [0.2, 0.25) is 11.8 Å². The van der Waals surface area contributed by atoms with Crippen molar-refractivity contribution in [1.82, 2.24) is 15.6 Å². The highest BCUT2D eigenvalue weighted by molar-refractivity contribution is 7.98. The predicted molar refractivity (Wildman–Crippen MR) is 139 cm³/mol. The summed E-state index contributed by atoms with van der Waals surface area (Å²) in [5, 5.41) is 6.34. The minimum Gasteiger partial charge on any atom is -0.354 e. The summed E-state index contributed by atoms with van der Waals surface area (Å²) in [5.74, 6) is 0.767. The zero-order chi connectivity index (χ0) is 24.2. The SMILES string of the molecule is CSCCC(N)C(=O)NCC1(CC(=O)NC(Cc2ccccn2)c2ccccc2)CCCCC1. The molecule has 6 nitrogen and oxygen atoms in total. The molecule has 1 aromatic heterocycles. The molecule has 1 heterocycles. The zero-order valence-corrected chi connectivity index (χ0v) is 21.0. The van der Waals surface area contributed by atoms with Crippen molar-refractivity contribution >= 4 is 23.6 Å². The second kappa shape index (κ2) is 13.5. The number of aromatic nitrogens is 1. The standard InChI is InChI=1S/C27H38N4O2S/c1-34-17-13-23(28)26(33)30-20-27(14-7-3-8-15-27)19-25(32)31-24(21-10-4-2-5-11-21)18-22-12-6-9-16-29-22/h2,4-6,9-12,16,23-24H,3,7-8,13-15,17-20,28H2,1H3,(H,30,33)(H,31,32). The van der Waals surface area contributed by atoms with Crippen LogP contribution in [0.25, 0.3) is 0 Å². The van der Waals surface area contributed by atoms with Crippen molar-refractivity contribution in [3.8, 4) is 0 Å². The number of rotatable bonds is 12. The average molecular weight is 483 g/mol. The van der Waals surface area contributed by atoms with Crippen molar-refractivity contribution in [1.29, 1.82) is 0 Å². The number of carbonyl (C=O) groups is 2. The van der Waals surface area contributed by atoms with Gasteiger partial charge in [-0.3, -0.25) is 14.6 Å². The number of amides is 2. The van der Waals surface area contributed by atoms with Crippen molar-refractivity contribution in [2.45, 2.75) is 63.5 Å². The van der Waals surface area contributed by atoms with E-state index in [0.29, 0.717) is 25.8 Å². The number of benzene rings is 1. The molecule has 0 saturated heterocycles. The number of nitrogens with one attached hydrogen (secondary N) is 2. The van der Waals surface area contributed by atoms with Gasteiger partial charge < -0.3 is 16.4 Å². The van der Waals surface area contributed by atoms with Gasteiger partial charge in [-0.15, -0.1) is 0 Å². The Morgan fingerprint density at radius 1 is 1.09 bits per heavy atom. The Kier molecular flexibility index (Phi) is 10.4. The van der Waals surface area contributed by atoms with E-state index in [4.69, 9.17) is 5.73 Å². The second-order valence-corrected chi connectivity index (χ2v) is 10.4. The Morgan fingerprint density at radius 2 is 1.82 bits per heavy atom. The van der Waals surface area contributed by atoms with Gasteiger partial charge in [0.15, 0.2) is 0 Å². The molecule has 2 amide bonds. The first-order chi connectivity index (χ1) is 16.5. The van der Waals surface area contributed by atoms with Crippen LogP contribution < -0.4 is 16.4 Å². The largest absolute Gasteiger partial charge is 0.354 e. The third-order valence-corrected chi connectivity index (χ3v) is 7.38. The molecule has 4 N–H and O–H groups in total. The summed E-state index contributed by atoms with van der Waals surface area (Å²) >= 11 is 1.69. The number of carbonyl (C=O) groups excluding carboxylic acids is 2. The van der Waals surface area contributed by atoms with E-state index in [2.05, 4.69) is 15.6 Å². The molecule has 0 spiro atoms. The Balaban J connectivity index is 1.66. The molecule has 1 aliphatic carbocycles. The number of pyridine rings is 1. The molecule has 1 saturated carbocycles. The van der Waals surface area contributed by atoms with Crippen LogP contribution in [-0.4, -0.2) is 41.4 Å². The fourth-order valence-electron chi connectivity index (χ4n) is 4.75. The van der Waals surface area contributed by atoms with E-state index in [-0.39, 0.29) is 23.3 Å². The van der Waals surface area contributed by atoms with Crippen molar-refractivity contribution in [3.63, 3.8) is 0 Å². The van der Waals surface area contributed by atoms with Crippen LogP contribution in [0, 0.1) is 5.41 Å². The minimum atomic E-state index is -0.497. The van der Waals surface area contributed by atoms with Gasteiger partial charge in [-0.2, -0.15) is 11.8 Å². The molecule has 34 heavy (non-hydrogen) atoms. The average Bonchev–Trinajstić information content (AvgIpc) is 2.87. The van der Waals surface area contributed by atoms with E-state index in [0.717, 1.165) is 42.7 Å². The molecule has 1 fully saturated rings. The van der Waals surface area contributed by atoms with Crippen LogP contribution in [0.5, 0.6) is 0 Å². The topological polar surface area (TPSA) is 97.1 Å². The molecule has 2 unspecified atom stereocenters. The van der Waals surface area contributed by atoms with Crippen molar-refractivity contribution in [3.05, 3.63) is 66.0 Å². The molecular weight excluding hydrogens is 444 g/mol. The number of hydrogen-bond acceptors (Lipinski definition) is 5. The van der Waals surface area contributed by atoms with Crippen LogP contribution in [0.3, 0.4) is 0 Å². The monoisotopic (exact) mass is 482 g/mol. The van der Waals surface area contributed by atoms with Crippen LogP contribution in [0.15, 0.2) is 54.7 Å². The Morgan fingerprint density at radius 3 is 2.50 bits per heavy atom. The third-order valence-electron chi connectivity index (χ3n) is 6.73. The maximum absolute atomic E-state index is 13.3. The number of nitrogens with two attached hydrogens (primary N) is 1. The summed E-state index contributed by atoms with van der Waals surface area (Å²) in [6.45, 7) is 0.502. The maximum atomic E-state index is 13.3. The lowest BCUT2D eigenvalue weighted by Crippen LogP contribution is -2.47. The van der Waals surface area contributed by atoms with Crippen LogP contribution in [0.1, 0.15) is 62.2 Å². The molecule has 1 aliphatic rings. The molecule has 0 radical (unpaired) electrons. The minimum absolute atomic E-state index is 0.0209. The second-order valence-electron chi connectivity index (χ2n) is 9.40. The van der Waals surface area contributed by atoms with Gasteiger partial charge in [0.1, 0.15) is 0 Å². The lowest BCUT2D eigenvalue weighted by Gasteiger charge is -2.37. The molecule has 2 atom stereocenters. The third kappa shape index (κ3) is 8.13. The first kappa shape index (κ1) is 26.2. The molecule has 184 valence electrons. The van der Waals surface area contributed by atoms with E-state index < -0.39 is 6.04 Å². The van der Waals surface area contributed by atoms with Crippen LogP contribution in [0.2, 0.25) is 0 Å².